The molecule has 2 aromatic rings. The van der Waals surface area contributed by atoms with Gasteiger partial charge in [0.1, 0.15) is 5.82 Å². The standard InChI is InChI=1S/C17H15ClF3N3O2/c1-26-16(25)12-5-4-11(24-14(12)9-2-3-9)8-23-15-13(18)6-10(7-22-15)17(19,20)21/h4-7,9H,2-3,8H2,1H3,(H,22,23). The van der Waals surface area contributed by atoms with Gasteiger partial charge in [-0.3, -0.25) is 4.98 Å². The molecule has 5 nitrogen and oxygen atoms in total. The molecule has 0 saturated heterocycles. The molecule has 2 heterocycles. The third-order valence-corrected chi connectivity index (χ3v) is 4.25. The molecule has 9 heteroatoms. The Balaban J connectivity index is 1.76. The molecular formula is C17H15ClF3N3O2. The summed E-state index contributed by atoms with van der Waals surface area (Å²) in [4.78, 5) is 20.0. The number of hydrogen-bond donors (Lipinski definition) is 1. The number of carbonyl (C=O) groups is 1. The van der Waals surface area contributed by atoms with Crippen LogP contribution in [0.25, 0.3) is 0 Å². The van der Waals surface area contributed by atoms with Gasteiger partial charge in [0.15, 0.2) is 0 Å². The van der Waals surface area contributed by atoms with Gasteiger partial charge in [-0.25, -0.2) is 9.78 Å². The first-order valence-corrected chi connectivity index (χ1v) is 8.22. The molecule has 138 valence electrons. The molecule has 0 spiro atoms. The quantitative estimate of drug-likeness (QED) is 0.771. The average Bonchev–Trinajstić information content (AvgIpc) is 3.44. The molecule has 0 atom stereocenters. The van der Waals surface area contributed by atoms with Crippen molar-refractivity contribution in [2.45, 2.75) is 31.5 Å². The van der Waals surface area contributed by atoms with E-state index in [2.05, 4.69) is 15.3 Å². The maximum atomic E-state index is 12.6. The molecular weight excluding hydrogens is 371 g/mol. The first-order valence-electron chi connectivity index (χ1n) is 7.84. The molecule has 1 fully saturated rings. The summed E-state index contributed by atoms with van der Waals surface area (Å²) in [7, 11) is 1.31. The fraction of sp³-hybridized carbons (Fsp3) is 0.353. The molecule has 26 heavy (non-hydrogen) atoms. The first kappa shape index (κ1) is 18.4. The van der Waals surface area contributed by atoms with Crippen LogP contribution in [0.5, 0.6) is 0 Å². The molecule has 0 aromatic carbocycles. The predicted octanol–water partition coefficient (Wildman–Crippen LogP) is 4.42. The van der Waals surface area contributed by atoms with Gasteiger partial charge in [-0.05, 0) is 31.0 Å². The first-order chi connectivity index (χ1) is 12.3. The fourth-order valence-corrected chi connectivity index (χ4v) is 2.70. The van der Waals surface area contributed by atoms with Gasteiger partial charge < -0.3 is 10.1 Å². The molecule has 2 aromatic heterocycles. The van der Waals surface area contributed by atoms with Crippen LogP contribution < -0.4 is 5.32 Å². The van der Waals surface area contributed by atoms with E-state index in [9.17, 15) is 18.0 Å². The van der Waals surface area contributed by atoms with E-state index < -0.39 is 17.7 Å². The zero-order chi connectivity index (χ0) is 18.9. The molecule has 1 aliphatic rings. The van der Waals surface area contributed by atoms with Crippen molar-refractivity contribution < 1.29 is 22.7 Å². The lowest BCUT2D eigenvalue weighted by Gasteiger charge is -2.12. The lowest BCUT2D eigenvalue weighted by Crippen LogP contribution is -2.11. The van der Waals surface area contributed by atoms with Crippen LogP contribution in [-0.2, 0) is 17.5 Å². The highest BCUT2D eigenvalue weighted by molar-refractivity contribution is 6.32. The van der Waals surface area contributed by atoms with Crippen LogP contribution >= 0.6 is 11.6 Å². The van der Waals surface area contributed by atoms with Crippen molar-refractivity contribution in [2.75, 3.05) is 12.4 Å². The van der Waals surface area contributed by atoms with Crippen LogP contribution in [-0.4, -0.2) is 23.0 Å². The number of carbonyl (C=O) groups excluding carboxylic acids is 1. The van der Waals surface area contributed by atoms with E-state index in [-0.39, 0.29) is 23.3 Å². The van der Waals surface area contributed by atoms with Gasteiger partial charge >= 0.3 is 12.1 Å². The van der Waals surface area contributed by atoms with E-state index in [1.54, 1.807) is 12.1 Å². The summed E-state index contributed by atoms with van der Waals surface area (Å²) in [5, 5.41) is 2.74. The second-order valence-corrected chi connectivity index (χ2v) is 6.31. The molecule has 1 N–H and O–H groups in total. The second kappa shape index (κ2) is 7.11. The zero-order valence-corrected chi connectivity index (χ0v) is 14.5. The number of pyridine rings is 2. The number of ether oxygens (including phenoxy) is 1. The Bertz CT molecular complexity index is 838. The molecule has 3 rings (SSSR count). The number of esters is 1. The number of methoxy groups -OCH3 is 1. The molecule has 0 radical (unpaired) electrons. The Hall–Kier alpha value is -2.35. The van der Waals surface area contributed by atoms with Crippen LogP contribution in [0, 0.1) is 0 Å². The van der Waals surface area contributed by atoms with Crippen molar-refractivity contribution in [3.63, 3.8) is 0 Å². The second-order valence-electron chi connectivity index (χ2n) is 5.91. The minimum Gasteiger partial charge on any atom is -0.465 e. The third-order valence-electron chi connectivity index (χ3n) is 3.96. The number of rotatable bonds is 5. The molecule has 0 unspecified atom stereocenters. The van der Waals surface area contributed by atoms with E-state index >= 15 is 0 Å². The maximum Gasteiger partial charge on any atom is 0.417 e. The van der Waals surface area contributed by atoms with Gasteiger partial charge in [0.25, 0.3) is 0 Å². The van der Waals surface area contributed by atoms with E-state index in [1.165, 1.54) is 7.11 Å². The summed E-state index contributed by atoms with van der Waals surface area (Å²) in [6.07, 6.45) is -1.86. The normalized spacial score (nSPS) is 14.2. The fourth-order valence-electron chi connectivity index (χ4n) is 2.46. The molecule has 0 bridgehead atoms. The number of alkyl halides is 3. The number of halogens is 4. The highest BCUT2D eigenvalue weighted by Crippen LogP contribution is 2.41. The Morgan fingerprint density at radius 1 is 1.38 bits per heavy atom. The van der Waals surface area contributed by atoms with Gasteiger partial charge in [-0.15, -0.1) is 0 Å². The zero-order valence-electron chi connectivity index (χ0n) is 13.7. The van der Waals surface area contributed by atoms with E-state index in [1.807, 2.05) is 0 Å². The lowest BCUT2D eigenvalue weighted by atomic mass is 10.1. The van der Waals surface area contributed by atoms with Crippen molar-refractivity contribution in [2.24, 2.45) is 0 Å². The van der Waals surface area contributed by atoms with E-state index in [0.29, 0.717) is 17.0 Å². The SMILES string of the molecule is COC(=O)c1ccc(CNc2ncc(C(F)(F)F)cc2Cl)nc1C1CC1. The monoisotopic (exact) mass is 385 g/mol. The minimum absolute atomic E-state index is 0.131. The minimum atomic E-state index is -4.50. The van der Waals surface area contributed by atoms with Crippen LogP contribution in [0.1, 0.15) is 46.1 Å². The Morgan fingerprint density at radius 2 is 2.12 bits per heavy atom. The molecule has 1 aliphatic carbocycles. The number of nitrogens with zero attached hydrogens (tertiary/aromatic N) is 2. The van der Waals surface area contributed by atoms with Crippen molar-refractivity contribution in [1.29, 1.82) is 0 Å². The Morgan fingerprint density at radius 3 is 2.69 bits per heavy atom. The molecule has 0 aliphatic heterocycles. The topological polar surface area (TPSA) is 64.1 Å². The summed E-state index contributed by atoms with van der Waals surface area (Å²) in [6, 6.07) is 4.12. The Labute approximate surface area is 152 Å². The van der Waals surface area contributed by atoms with Crippen molar-refractivity contribution in [1.82, 2.24) is 9.97 Å². The van der Waals surface area contributed by atoms with Crippen molar-refractivity contribution >= 4 is 23.4 Å². The van der Waals surface area contributed by atoms with Crippen LogP contribution in [0.2, 0.25) is 5.02 Å². The molecule has 1 saturated carbocycles. The van der Waals surface area contributed by atoms with Crippen molar-refractivity contribution in [3.05, 3.63) is 51.9 Å². The van der Waals surface area contributed by atoms with Gasteiger partial charge in [-0.1, -0.05) is 11.6 Å². The van der Waals surface area contributed by atoms with Gasteiger partial charge in [0.2, 0.25) is 0 Å². The van der Waals surface area contributed by atoms with Crippen LogP contribution in [0.3, 0.4) is 0 Å². The Kier molecular flexibility index (Phi) is 5.04. The summed E-state index contributed by atoms with van der Waals surface area (Å²) in [6.45, 7) is 0.208. The number of hydrogen-bond acceptors (Lipinski definition) is 5. The summed E-state index contributed by atoms with van der Waals surface area (Å²) in [5.74, 6) is -0.0744. The number of nitrogens with one attached hydrogen (secondary N) is 1. The number of anilines is 1. The molecule has 0 amide bonds. The highest BCUT2D eigenvalue weighted by atomic mass is 35.5. The summed E-state index contributed by atoms with van der Waals surface area (Å²) >= 11 is 5.87. The third kappa shape index (κ3) is 4.07. The van der Waals surface area contributed by atoms with Gasteiger partial charge in [-0.2, -0.15) is 13.2 Å². The highest BCUT2D eigenvalue weighted by Gasteiger charge is 2.32. The van der Waals surface area contributed by atoms with Gasteiger partial charge in [0, 0.05) is 12.1 Å². The summed E-state index contributed by atoms with van der Waals surface area (Å²) < 4.78 is 42.7. The average molecular weight is 386 g/mol. The van der Waals surface area contributed by atoms with E-state index in [0.717, 1.165) is 25.1 Å². The summed E-state index contributed by atoms with van der Waals surface area (Å²) in [5.41, 5.74) is 0.828. The number of aromatic nitrogens is 2. The smallest absolute Gasteiger partial charge is 0.417 e. The maximum absolute atomic E-state index is 12.6. The van der Waals surface area contributed by atoms with Crippen LogP contribution in [0.15, 0.2) is 24.4 Å². The van der Waals surface area contributed by atoms with E-state index in [4.69, 9.17) is 16.3 Å². The largest absolute Gasteiger partial charge is 0.465 e. The predicted molar refractivity (Wildman–Crippen MR) is 89.1 cm³/mol. The van der Waals surface area contributed by atoms with Crippen LogP contribution in [0.4, 0.5) is 19.0 Å². The van der Waals surface area contributed by atoms with Gasteiger partial charge in [0.05, 0.1) is 41.2 Å². The van der Waals surface area contributed by atoms with Crippen molar-refractivity contribution in [3.8, 4) is 0 Å². The lowest BCUT2D eigenvalue weighted by molar-refractivity contribution is -0.137.